The van der Waals surface area contributed by atoms with Crippen molar-refractivity contribution >= 4 is 5.91 Å². The Kier molecular flexibility index (Phi) is 6.07. The van der Waals surface area contributed by atoms with E-state index in [1.165, 1.54) is 24.3 Å². The maximum atomic E-state index is 12.8. The van der Waals surface area contributed by atoms with Crippen LogP contribution in [0.15, 0.2) is 48.5 Å². The molecular formula is C18H19F2NO. The largest absolute Gasteiger partial charge is 0.356 e. The maximum Gasteiger partial charge on any atom is 0.220 e. The van der Waals surface area contributed by atoms with E-state index in [4.69, 9.17) is 0 Å². The number of hydrogen-bond acceptors (Lipinski definition) is 1. The first-order valence-corrected chi connectivity index (χ1v) is 7.39. The first kappa shape index (κ1) is 16.1. The summed E-state index contributed by atoms with van der Waals surface area (Å²) >= 11 is 0. The van der Waals surface area contributed by atoms with Crippen molar-refractivity contribution in [1.29, 1.82) is 0 Å². The van der Waals surface area contributed by atoms with Crippen molar-refractivity contribution in [3.8, 4) is 0 Å². The molecule has 0 aromatic heterocycles. The molecule has 2 aromatic carbocycles. The molecule has 2 rings (SSSR count). The minimum Gasteiger partial charge on any atom is -0.356 e. The molecule has 2 nitrogen and oxygen atoms in total. The van der Waals surface area contributed by atoms with E-state index < -0.39 is 0 Å². The molecule has 0 atom stereocenters. The summed E-state index contributed by atoms with van der Waals surface area (Å²) in [5.41, 5.74) is 2.02. The normalized spacial score (nSPS) is 10.5. The lowest BCUT2D eigenvalue weighted by Crippen LogP contribution is -2.25. The van der Waals surface area contributed by atoms with E-state index in [9.17, 15) is 13.6 Å². The topological polar surface area (TPSA) is 29.1 Å². The summed E-state index contributed by atoms with van der Waals surface area (Å²) in [5, 5.41) is 2.85. The molecule has 0 unspecified atom stereocenters. The van der Waals surface area contributed by atoms with Crippen molar-refractivity contribution in [3.05, 3.63) is 71.3 Å². The second-order valence-electron chi connectivity index (χ2n) is 5.21. The number of amides is 1. The summed E-state index contributed by atoms with van der Waals surface area (Å²) in [5.74, 6) is -0.500. The van der Waals surface area contributed by atoms with E-state index in [0.29, 0.717) is 19.4 Å². The van der Waals surface area contributed by atoms with Gasteiger partial charge >= 0.3 is 0 Å². The van der Waals surface area contributed by atoms with E-state index >= 15 is 0 Å². The molecule has 22 heavy (non-hydrogen) atoms. The summed E-state index contributed by atoms with van der Waals surface area (Å²) in [4.78, 5) is 11.7. The summed E-state index contributed by atoms with van der Waals surface area (Å²) < 4.78 is 25.5. The molecule has 0 fully saturated rings. The fourth-order valence-electron chi connectivity index (χ4n) is 2.19. The van der Waals surface area contributed by atoms with Crippen LogP contribution in [-0.4, -0.2) is 12.5 Å². The lowest BCUT2D eigenvalue weighted by Gasteiger charge is -2.06. The number of carbonyl (C=O) groups is 1. The van der Waals surface area contributed by atoms with E-state index in [-0.39, 0.29) is 17.5 Å². The number of halogens is 2. The third kappa shape index (κ3) is 5.64. The SMILES string of the molecule is O=C(CCCc1ccc(F)cc1)NCCc1ccc(F)cc1. The second kappa shape index (κ2) is 8.27. The second-order valence-corrected chi connectivity index (χ2v) is 5.21. The molecular weight excluding hydrogens is 284 g/mol. The van der Waals surface area contributed by atoms with Gasteiger partial charge in [0.1, 0.15) is 11.6 Å². The highest BCUT2D eigenvalue weighted by atomic mass is 19.1. The molecule has 0 spiro atoms. The van der Waals surface area contributed by atoms with Gasteiger partial charge < -0.3 is 5.32 Å². The van der Waals surface area contributed by atoms with Gasteiger partial charge in [-0.3, -0.25) is 4.79 Å². The van der Waals surface area contributed by atoms with Gasteiger partial charge in [-0.25, -0.2) is 8.78 Å². The van der Waals surface area contributed by atoms with Crippen LogP contribution in [0.5, 0.6) is 0 Å². The van der Waals surface area contributed by atoms with Crippen LogP contribution in [0.3, 0.4) is 0 Å². The van der Waals surface area contributed by atoms with E-state index in [1.807, 2.05) is 0 Å². The standard InChI is InChI=1S/C18H19F2NO/c19-16-8-4-14(5-9-16)2-1-3-18(22)21-13-12-15-6-10-17(20)11-7-15/h4-11H,1-3,12-13H2,(H,21,22). The lowest BCUT2D eigenvalue weighted by molar-refractivity contribution is -0.121. The van der Waals surface area contributed by atoms with Crippen molar-refractivity contribution in [1.82, 2.24) is 5.32 Å². The Morgan fingerprint density at radius 3 is 1.86 bits per heavy atom. The van der Waals surface area contributed by atoms with Crippen molar-refractivity contribution < 1.29 is 13.6 Å². The zero-order valence-corrected chi connectivity index (χ0v) is 12.3. The molecule has 0 saturated heterocycles. The Hall–Kier alpha value is -2.23. The van der Waals surface area contributed by atoms with Gasteiger partial charge in [0, 0.05) is 13.0 Å². The number of benzene rings is 2. The molecule has 1 amide bonds. The van der Waals surface area contributed by atoms with Crippen LogP contribution < -0.4 is 5.32 Å². The predicted octanol–water partition coefficient (Wildman–Crippen LogP) is 3.65. The number of rotatable bonds is 7. The molecule has 116 valence electrons. The highest BCUT2D eigenvalue weighted by Crippen LogP contribution is 2.07. The zero-order chi connectivity index (χ0) is 15.8. The van der Waals surface area contributed by atoms with Crippen molar-refractivity contribution in [2.24, 2.45) is 0 Å². The van der Waals surface area contributed by atoms with Crippen LogP contribution in [0, 0.1) is 11.6 Å². The van der Waals surface area contributed by atoms with Crippen LogP contribution in [0.4, 0.5) is 8.78 Å². The van der Waals surface area contributed by atoms with Gasteiger partial charge in [0.15, 0.2) is 0 Å². The molecule has 0 aliphatic heterocycles. The highest BCUT2D eigenvalue weighted by molar-refractivity contribution is 5.75. The summed E-state index contributed by atoms with van der Waals surface area (Å²) in [7, 11) is 0. The van der Waals surface area contributed by atoms with Gasteiger partial charge in [-0.2, -0.15) is 0 Å². The minimum atomic E-state index is -0.256. The Bertz CT molecular complexity index is 540. The molecule has 0 aliphatic carbocycles. The quantitative estimate of drug-likeness (QED) is 0.831. The van der Waals surface area contributed by atoms with Gasteiger partial charge in [-0.1, -0.05) is 24.3 Å². The van der Waals surface area contributed by atoms with E-state index in [2.05, 4.69) is 5.32 Å². The average Bonchev–Trinajstić information content (AvgIpc) is 2.51. The smallest absolute Gasteiger partial charge is 0.220 e. The number of hydrogen-bond donors (Lipinski definition) is 1. The van der Waals surface area contributed by atoms with E-state index in [1.54, 1.807) is 24.3 Å². The fourth-order valence-corrected chi connectivity index (χ4v) is 2.19. The molecule has 0 aliphatic rings. The number of aryl methyl sites for hydroxylation is 1. The Labute approximate surface area is 129 Å². The Balaban J connectivity index is 1.61. The van der Waals surface area contributed by atoms with Crippen LogP contribution in [0.2, 0.25) is 0 Å². The molecule has 1 N–H and O–H groups in total. The van der Waals surface area contributed by atoms with Gasteiger partial charge in [0.05, 0.1) is 0 Å². The van der Waals surface area contributed by atoms with Crippen LogP contribution in [-0.2, 0) is 17.6 Å². The van der Waals surface area contributed by atoms with Crippen molar-refractivity contribution in [3.63, 3.8) is 0 Å². The number of carbonyl (C=O) groups excluding carboxylic acids is 1. The molecule has 0 saturated carbocycles. The molecule has 0 radical (unpaired) electrons. The lowest BCUT2D eigenvalue weighted by atomic mass is 10.1. The summed E-state index contributed by atoms with van der Waals surface area (Å²) in [6, 6.07) is 12.6. The molecule has 0 bridgehead atoms. The van der Waals surface area contributed by atoms with Gasteiger partial charge in [0.25, 0.3) is 0 Å². The summed E-state index contributed by atoms with van der Waals surface area (Å²) in [6.45, 7) is 0.543. The van der Waals surface area contributed by atoms with Crippen molar-refractivity contribution in [2.75, 3.05) is 6.54 Å². The molecule has 0 heterocycles. The van der Waals surface area contributed by atoms with Gasteiger partial charge in [-0.05, 0) is 54.7 Å². The molecule has 2 aromatic rings. The fraction of sp³-hybridized carbons (Fsp3) is 0.278. The zero-order valence-electron chi connectivity index (χ0n) is 12.3. The van der Waals surface area contributed by atoms with Gasteiger partial charge in [-0.15, -0.1) is 0 Å². The van der Waals surface area contributed by atoms with Crippen molar-refractivity contribution in [2.45, 2.75) is 25.7 Å². The van der Waals surface area contributed by atoms with Crippen LogP contribution >= 0.6 is 0 Å². The highest BCUT2D eigenvalue weighted by Gasteiger charge is 2.02. The van der Waals surface area contributed by atoms with Gasteiger partial charge in [0.2, 0.25) is 5.91 Å². The molecule has 4 heteroatoms. The third-order valence-electron chi connectivity index (χ3n) is 3.43. The van der Waals surface area contributed by atoms with E-state index in [0.717, 1.165) is 24.0 Å². The monoisotopic (exact) mass is 303 g/mol. The minimum absolute atomic E-state index is 0.00391. The first-order chi connectivity index (χ1) is 10.6. The Morgan fingerprint density at radius 2 is 1.32 bits per heavy atom. The summed E-state index contributed by atoms with van der Waals surface area (Å²) in [6.07, 6.45) is 2.62. The predicted molar refractivity (Wildman–Crippen MR) is 82.5 cm³/mol. The van der Waals surface area contributed by atoms with Crippen LogP contribution in [0.25, 0.3) is 0 Å². The maximum absolute atomic E-state index is 12.8. The average molecular weight is 303 g/mol. The third-order valence-corrected chi connectivity index (χ3v) is 3.43. The number of nitrogens with one attached hydrogen (secondary N) is 1. The van der Waals surface area contributed by atoms with Crippen LogP contribution in [0.1, 0.15) is 24.0 Å². The first-order valence-electron chi connectivity index (χ1n) is 7.39. The Morgan fingerprint density at radius 1 is 0.818 bits per heavy atom.